The number of rotatable bonds is 4. The molecule has 0 aromatic rings. The highest BCUT2D eigenvalue weighted by atomic mass is 16.7. The molecule has 23 heavy (non-hydrogen) atoms. The average molecular weight is 324 g/mol. The molecule has 5 nitrogen and oxygen atoms in total. The van der Waals surface area contributed by atoms with E-state index >= 15 is 0 Å². The molecule has 1 saturated carbocycles. The van der Waals surface area contributed by atoms with Crippen molar-refractivity contribution in [3.8, 4) is 0 Å². The minimum absolute atomic E-state index is 0.181. The lowest BCUT2D eigenvalue weighted by atomic mass is 9.68. The highest BCUT2D eigenvalue weighted by Crippen LogP contribution is 2.41. The molecule has 2 aliphatic heterocycles. The molecule has 132 valence electrons. The summed E-state index contributed by atoms with van der Waals surface area (Å²) in [4.78, 5) is 14.8. The first-order valence-corrected chi connectivity index (χ1v) is 9.16. The second-order valence-electron chi connectivity index (χ2n) is 8.54. The number of hydrogen-bond donors (Lipinski definition) is 1. The molecule has 2 atom stereocenters. The van der Waals surface area contributed by atoms with Crippen LogP contribution < -0.4 is 5.32 Å². The van der Waals surface area contributed by atoms with Gasteiger partial charge < -0.3 is 14.8 Å². The Hall–Kier alpha value is -0.650. The van der Waals surface area contributed by atoms with Crippen molar-refractivity contribution in [2.24, 2.45) is 17.3 Å². The Morgan fingerprint density at radius 3 is 2.70 bits per heavy atom. The lowest BCUT2D eigenvalue weighted by Gasteiger charge is -2.38. The van der Waals surface area contributed by atoms with Gasteiger partial charge in [-0.05, 0) is 30.6 Å². The molecule has 0 bridgehead atoms. The Bertz CT molecular complexity index is 432. The molecule has 3 rings (SSSR count). The van der Waals surface area contributed by atoms with E-state index < -0.39 is 0 Å². The van der Waals surface area contributed by atoms with Crippen LogP contribution in [0.4, 0.5) is 0 Å². The van der Waals surface area contributed by atoms with Gasteiger partial charge in [0.05, 0.1) is 19.8 Å². The number of nitrogens with one attached hydrogen (secondary N) is 1. The lowest BCUT2D eigenvalue weighted by Crippen LogP contribution is -2.42. The maximum Gasteiger partial charge on any atom is 0.223 e. The second-order valence-corrected chi connectivity index (χ2v) is 8.54. The van der Waals surface area contributed by atoms with Crippen molar-refractivity contribution in [2.45, 2.75) is 52.2 Å². The van der Waals surface area contributed by atoms with Crippen molar-refractivity contribution < 1.29 is 14.3 Å². The lowest BCUT2D eigenvalue weighted by molar-refractivity contribution is -0.145. The number of nitrogens with zero attached hydrogens (tertiary/aromatic N) is 1. The Morgan fingerprint density at radius 1 is 1.26 bits per heavy atom. The van der Waals surface area contributed by atoms with E-state index in [1.54, 1.807) is 0 Å². The van der Waals surface area contributed by atoms with Crippen LogP contribution in [0.5, 0.6) is 0 Å². The van der Waals surface area contributed by atoms with Gasteiger partial charge in [0.25, 0.3) is 0 Å². The molecule has 5 heteroatoms. The molecule has 1 aliphatic carbocycles. The Labute approximate surface area is 140 Å². The Balaban J connectivity index is 1.40. The summed E-state index contributed by atoms with van der Waals surface area (Å²) in [7, 11) is 0. The van der Waals surface area contributed by atoms with Gasteiger partial charge in [0.1, 0.15) is 0 Å². The van der Waals surface area contributed by atoms with Crippen LogP contribution in [0.1, 0.15) is 46.5 Å². The molecule has 1 amide bonds. The average Bonchev–Trinajstić information content (AvgIpc) is 3.07. The summed E-state index contributed by atoms with van der Waals surface area (Å²) >= 11 is 0. The number of hydrogen-bond acceptors (Lipinski definition) is 4. The fraction of sp³-hybridized carbons (Fsp3) is 0.944. The molecule has 0 aromatic heterocycles. The Morgan fingerprint density at radius 2 is 2.00 bits per heavy atom. The van der Waals surface area contributed by atoms with Gasteiger partial charge in [0.15, 0.2) is 5.79 Å². The number of likely N-dealkylation sites (tertiary alicyclic amines) is 1. The number of carbonyl (C=O) groups excluding carboxylic acids is 1. The summed E-state index contributed by atoms with van der Waals surface area (Å²) in [6.45, 7) is 11.7. The first-order valence-electron chi connectivity index (χ1n) is 9.16. The zero-order chi connectivity index (χ0) is 16.5. The maximum atomic E-state index is 12.5. The van der Waals surface area contributed by atoms with E-state index in [1.807, 2.05) is 0 Å². The molecular weight excluding hydrogens is 292 g/mol. The fourth-order valence-corrected chi connectivity index (χ4v) is 4.78. The van der Waals surface area contributed by atoms with Crippen LogP contribution in [0.25, 0.3) is 0 Å². The predicted molar refractivity (Wildman–Crippen MR) is 89.0 cm³/mol. The minimum Gasteiger partial charge on any atom is -0.355 e. The molecule has 2 unspecified atom stereocenters. The van der Waals surface area contributed by atoms with Crippen LogP contribution in [-0.2, 0) is 14.3 Å². The number of ether oxygens (including phenoxy) is 2. The molecule has 0 radical (unpaired) electrons. The molecular formula is C18H32N2O3. The normalized spacial score (nSPS) is 33.2. The number of carbonyl (C=O) groups is 1. The van der Waals surface area contributed by atoms with Gasteiger partial charge in [-0.1, -0.05) is 20.8 Å². The third-order valence-electron chi connectivity index (χ3n) is 5.57. The van der Waals surface area contributed by atoms with Gasteiger partial charge in [-0.2, -0.15) is 0 Å². The largest absolute Gasteiger partial charge is 0.355 e. The van der Waals surface area contributed by atoms with Crippen molar-refractivity contribution in [1.82, 2.24) is 10.2 Å². The van der Waals surface area contributed by atoms with Crippen molar-refractivity contribution in [1.29, 1.82) is 0 Å². The van der Waals surface area contributed by atoms with Gasteiger partial charge in [0.2, 0.25) is 5.91 Å². The quantitative estimate of drug-likeness (QED) is 0.859. The van der Waals surface area contributed by atoms with E-state index in [0.717, 1.165) is 45.4 Å². The molecule has 1 spiro atoms. The van der Waals surface area contributed by atoms with Crippen LogP contribution in [0.15, 0.2) is 0 Å². The van der Waals surface area contributed by atoms with Crippen molar-refractivity contribution in [2.75, 3.05) is 39.4 Å². The van der Waals surface area contributed by atoms with Crippen LogP contribution >= 0.6 is 0 Å². The van der Waals surface area contributed by atoms with Crippen LogP contribution in [-0.4, -0.2) is 56.0 Å². The maximum absolute atomic E-state index is 12.5. The van der Waals surface area contributed by atoms with Gasteiger partial charge >= 0.3 is 0 Å². The predicted octanol–water partition coefficient (Wildman–Crippen LogP) is 2.01. The summed E-state index contributed by atoms with van der Waals surface area (Å²) in [5, 5.41) is 3.15. The van der Waals surface area contributed by atoms with Crippen molar-refractivity contribution in [3.05, 3.63) is 0 Å². The third-order valence-corrected chi connectivity index (χ3v) is 5.57. The highest BCUT2D eigenvalue weighted by Gasteiger charge is 2.43. The summed E-state index contributed by atoms with van der Waals surface area (Å²) in [6, 6.07) is 0. The molecule has 1 N–H and O–H groups in total. The monoisotopic (exact) mass is 324 g/mol. The van der Waals surface area contributed by atoms with Gasteiger partial charge in [-0.15, -0.1) is 0 Å². The summed E-state index contributed by atoms with van der Waals surface area (Å²) < 4.78 is 11.5. The Kier molecular flexibility index (Phi) is 5.00. The van der Waals surface area contributed by atoms with Crippen molar-refractivity contribution >= 4 is 5.91 Å². The van der Waals surface area contributed by atoms with Crippen LogP contribution in [0, 0.1) is 17.3 Å². The first-order chi connectivity index (χ1) is 10.9. The molecule has 0 aromatic carbocycles. The zero-order valence-corrected chi connectivity index (χ0v) is 14.9. The SMILES string of the molecule is CC1CC(C(=O)NCCN2CCC3(C2)OCCO3)CC(C)(C)C1. The fourth-order valence-electron chi connectivity index (χ4n) is 4.78. The molecule has 2 saturated heterocycles. The molecule has 2 heterocycles. The third kappa shape index (κ3) is 4.25. The van der Waals surface area contributed by atoms with E-state index in [-0.39, 0.29) is 23.0 Å². The topological polar surface area (TPSA) is 50.8 Å². The summed E-state index contributed by atoms with van der Waals surface area (Å²) in [6.07, 6.45) is 4.21. The van der Waals surface area contributed by atoms with Crippen molar-refractivity contribution in [3.63, 3.8) is 0 Å². The van der Waals surface area contributed by atoms with Gasteiger partial charge in [0, 0.05) is 32.0 Å². The van der Waals surface area contributed by atoms with Crippen LogP contribution in [0.2, 0.25) is 0 Å². The molecule has 3 fully saturated rings. The van der Waals surface area contributed by atoms with Crippen LogP contribution in [0.3, 0.4) is 0 Å². The van der Waals surface area contributed by atoms with Gasteiger partial charge in [-0.3, -0.25) is 9.69 Å². The smallest absolute Gasteiger partial charge is 0.223 e. The number of amides is 1. The standard InChI is InChI=1S/C18H32N2O3/c1-14-10-15(12-17(2,3)11-14)16(21)19-5-7-20-6-4-18(13-20)22-8-9-23-18/h14-15H,4-13H2,1-3H3,(H,19,21). The minimum atomic E-state index is -0.354. The zero-order valence-electron chi connectivity index (χ0n) is 14.9. The van der Waals surface area contributed by atoms with E-state index in [0.29, 0.717) is 19.1 Å². The second kappa shape index (κ2) is 6.69. The highest BCUT2D eigenvalue weighted by molar-refractivity contribution is 5.78. The summed E-state index contributed by atoms with van der Waals surface area (Å²) in [5.74, 6) is 0.712. The molecule has 3 aliphatic rings. The van der Waals surface area contributed by atoms with E-state index in [9.17, 15) is 4.79 Å². The first kappa shape index (κ1) is 17.2. The van der Waals surface area contributed by atoms with E-state index in [4.69, 9.17) is 9.47 Å². The van der Waals surface area contributed by atoms with E-state index in [1.165, 1.54) is 6.42 Å². The van der Waals surface area contributed by atoms with Gasteiger partial charge in [-0.25, -0.2) is 0 Å². The van der Waals surface area contributed by atoms with E-state index in [2.05, 4.69) is 31.0 Å². The summed E-state index contributed by atoms with van der Waals surface area (Å²) in [5.41, 5.74) is 0.290.